The third-order valence-electron chi connectivity index (χ3n) is 2.70. The van der Waals surface area contributed by atoms with Crippen molar-refractivity contribution in [2.75, 3.05) is 0 Å². The lowest BCUT2D eigenvalue weighted by atomic mass is 10.1. The van der Waals surface area contributed by atoms with Gasteiger partial charge in [-0.25, -0.2) is 0 Å². The highest BCUT2D eigenvalue weighted by molar-refractivity contribution is 5.82. The summed E-state index contributed by atoms with van der Waals surface area (Å²) in [5, 5.41) is 0. The first-order valence-electron chi connectivity index (χ1n) is 6.42. The standard InChI is InChI=1S/C16H22O/c1-15-12-10-8-6-4-2-3-5-7-9-11-13-16(17)14-15/h2-3,8-11H,1,4-7,12-14H2/b3-2-,10-8+,11-9+. The number of hydrogen-bond donors (Lipinski definition) is 0. The number of rotatable bonds is 0. The molecule has 1 aliphatic carbocycles. The fourth-order valence-electron chi connectivity index (χ4n) is 1.74. The largest absolute Gasteiger partial charge is 0.299 e. The van der Waals surface area contributed by atoms with Crippen LogP contribution in [0, 0.1) is 0 Å². The molecule has 0 radical (unpaired) electrons. The second kappa shape index (κ2) is 8.74. The van der Waals surface area contributed by atoms with Crippen molar-refractivity contribution in [2.45, 2.75) is 44.9 Å². The molecule has 0 aliphatic heterocycles. The number of allylic oxidation sites excluding steroid dienone is 7. The summed E-state index contributed by atoms with van der Waals surface area (Å²) in [5.74, 6) is 0.269. The van der Waals surface area contributed by atoms with Crippen molar-refractivity contribution in [1.82, 2.24) is 0 Å². The normalized spacial score (nSPS) is 25.6. The molecule has 0 aromatic rings. The third kappa shape index (κ3) is 7.51. The molecular weight excluding hydrogens is 208 g/mol. The molecule has 0 aromatic heterocycles. The molecule has 1 rings (SSSR count). The van der Waals surface area contributed by atoms with E-state index >= 15 is 0 Å². The van der Waals surface area contributed by atoms with Gasteiger partial charge in [-0.15, -0.1) is 0 Å². The molecule has 0 heterocycles. The topological polar surface area (TPSA) is 17.1 Å². The molecule has 0 saturated carbocycles. The van der Waals surface area contributed by atoms with Crippen LogP contribution in [0.4, 0.5) is 0 Å². The summed E-state index contributed by atoms with van der Waals surface area (Å²) < 4.78 is 0. The average molecular weight is 230 g/mol. The van der Waals surface area contributed by atoms with Gasteiger partial charge in [-0.05, 0) is 32.1 Å². The Hall–Kier alpha value is -1.37. The van der Waals surface area contributed by atoms with E-state index in [0.29, 0.717) is 12.8 Å². The molecule has 0 atom stereocenters. The van der Waals surface area contributed by atoms with Gasteiger partial charge in [-0.3, -0.25) is 4.79 Å². The van der Waals surface area contributed by atoms with E-state index in [0.717, 1.165) is 37.7 Å². The second-order valence-corrected chi connectivity index (χ2v) is 4.44. The maximum Gasteiger partial charge on any atom is 0.140 e. The van der Waals surface area contributed by atoms with Gasteiger partial charge in [0.1, 0.15) is 5.78 Å². The van der Waals surface area contributed by atoms with Crippen LogP contribution in [-0.4, -0.2) is 5.78 Å². The van der Waals surface area contributed by atoms with Crippen molar-refractivity contribution < 1.29 is 4.79 Å². The summed E-state index contributed by atoms with van der Waals surface area (Å²) in [6.07, 6.45) is 19.0. The number of ketones is 1. The average Bonchev–Trinajstić information content (AvgIpc) is 2.30. The van der Waals surface area contributed by atoms with Gasteiger partial charge < -0.3 is 0 Å². The first-order valence-corrected chi connectivity index (χ1v) is 6.42. The fourth-order valence-corrected chi connectivity index (χ4v) is 1.74. The number of hydrogen-bond acceptors (Lipinski definition) is 1. The maximum absolute atomic E-state index is 11.6. The van der Waals surface area contributed by atoms with Crippen LogP contribution in [0.1, 0.15) is 44.9 Å². The molecule has 0 aromatic carbocycles. The molecule has 1 nitrogen and oxygen atoms in total. The zero-order valence-corrected chi connectivity index (χ0v) is 10.5. The molecule has 1 heteroatoms. The summed E-state index contributed by atoms with van der Waals surface area (Å²) in [4.78, 5) is 11.6. The van der Waals surface area contributed by atoms with Crippen LogP contribution in [0.3, 0.4) is 0 Å². The first kappa shape index (κ1) is 13.7. The van der Waals surface area contributed by atoms with Crippen molar-refractivity contribution in [2.24, 2.45) is 0 Å². The van der Waals surface area contributed by atoms with Gasteiger partial charge in [0.05, 0.1) is 0 Å². The highest BCUT2D eigenvalue weighted by Gasteiger charge is 2.01. The molecule has 0 saturated heterocycles. The van der Waals surface area contributed by atoms with E-state index in [1.54, 1.807) is 0 Å². The van der Waals surface area contributed by atoms with E-state index in [4.69, 9.17) is 0 Å². The van der Waals surface area contributed by atoms with Crippen LogP contribution in [0.15, 0.2) is 48.6 Å². The van der Waals surface area contributed by atoms with Gasteiger partial charge in [0.25, 0.3) is 0 Å². The van der Waals surface area contributed by atoms with E-state index in [1.165, 1.54) is 0 Å². The summed E-state index contributed by atoms with van der Waals surface area (Å²) in [6.45, 7) is 3.94. The molecule has 92 valence electrons. The lowest BCUT2D eigenvalue weighted by Crippen LogP contribution is -1.97. The monoisotopic (exact) mass is 230 g/mol. The minimum Gasteiger partial charge on any atom is -0.299 e. The molecule has 0 bridgehead atoms. The van der Waals surface area contributed by atoms with Crippen LogP contribution in [0.5, 0.6) is 0 Å². The third-order valence-corrected chi connectivity index (χ3v) is 2.70. The van der Waals surface area contributed by atoms with Crippen molar-refractivity contribution in [3.8, 4) is 0 Å². The number of Topliss-reactive ketones (excluding diaryl/α,β-unsaturated/α-hetero) is 1. The number of carbonyl (C=O) groups is 1. The minimum atomic E-state index is 0.269. The summed E-state index contributed by atoms with van der Waals surface area (Å²) >= 11 is 0. The molecule has 0 amide bonds. The van der Waals surface area contributed by atoms with Gasteiger partial charge in [0.15, 0.2) is 0 Å². The Kier molecular flexibility index (Phi) is 7.04. The van der Waals surface area contributed by atoms with E-state index in [2.05, 4.69) is 37.0 Å². The van der Waals surface area contributed by atoms with Crippen LogP contribution in [0.25, 0.3) is 0 Å². The minimum absolute atomic E-state index is 0.269. The molecule has 0 spiro atoms. The summed E-state index contributed by atoms with van der Waals surface area (Å²) in [5.41, 5.74) is 1.02. The maximum atomic E-state index is 11.6. The van der Waals surface area contributed by atoms with E-state index in [1.807, 2.05) is 6.08 Å². The van der Waals surface area contributed by atoms with Crippen LogP contribution in [0.2, 0.25) is 0 Å². The summed E-state index contributed by atoms with van der Waals surface area (Å²) in [6, 6.07) is 0. The fraction of sp³-hybridized carbons (Fsp3) is 0.438. The molecule has 0 N–H and O–H groups in total. The SMILES string of the molecule is C=C1C/C=C/CC/C=C\CC/C=C/CC(=O)C1. The van der Waals surface area contributed by atoms with Crippen LogP contribution >= 0.6 is 0 Å². The predicted octanol–water partition coefficient (Wildman–Crippen LogP) is 4.52. The van der Waals surface area contributed by atoms with E-state index in [-0.39, 0.29) is 5.78 Å². The van der Waals surface area contributed by atoms with Gasteiger partial charge in [0.2, 0.25) is 0 Å². The molecular formula is C16H22O. The van der Waals surface area contributed by atoms with Crippen molar-refractivity contribution in [1.29, 1.82) is 0 Å². The Balaban J connectivity index is 2.48. The lowest BCUT2D eigenvalue weighted by Gasteiger charge is -1.99. The highest BCUT2D eigenvalue weighted by Crippen LogP contribution is 2.09. The van der Waals surface area contributed by atoms with Crippen LogP contribution in [-0.2, 0) is 4.79 Å². The van der Waals surface area contributed by atoms with Crippen molar-refractivity contribution >= 4 is 5.78 Å². The highest BCUT2D eigenvalue weighted by atomic mass is 16.1. The Morgan fingerprint density at radius 2 is 1.24 bits per heavy atom. The number of carbonyl (C=O) groups excluding carboxylic acids is 1. The Morgan fingerprint density at radius 3 is 1.82 bits per heavy atom. The van der Waals surface area contributed by atoms with Gasteiger partial charge in [-0.1, -0.05) is 48.6 Å². The van der Waals surface area contributed by atoms with Gasteiger partial charge in [-0.2, -0.15) is 0 Å². The zero-order valence-electron chi connectivity index (χ0n) is 10.5. The molecule has 0 fully saturated rings. The Bertz CT molecular complexity index is 299. The molecule has 17 heavy (non-hydrogen) atoms. The van der Waals surface area contributed by atoms with Gasteiger partial charge >= 0.3 is 0 Å². The van der Waals surface area contributed by atoms with Crippen molar-refractivity contribution in [3.63, 3.8) is 0 Å². The van der Waals surface area contributed by atoms with E-state index < -0.39 is 0 Å². The van der Waals surface area contributed by atoms with Gasteiger partial charge in [0, 0.05) is 12.8 Å². The summed E-state index contributed by atoms with van der Waals surface area (Å²) in [7, 11) is 0. The van der Waals surface area contributed by atoms with E-state index in [9.17, 15) is 4.79 Å². The zero-order chi connectivity index (χ0) is 12.3. The smallest absolute Gasteiger partial charge is 0.140 e. The first-order chi connectivity index (χ1) is 8.29. The predicted molar refractivity (Wildman–Crippen MR) is 73.9 cm³/mol. The molecule has 0 unspecified atom stereocenters. The quantitative estimate of drug-likeness (QED) is 0.559. The Labute approximate surface area is 105 Å². The van der Waals surface area contributed by atoms with Crippen molar-refractivity contribution in [3.05, 3.63) is 48.6 Å². The Morgan fingerprint density at radius 1 is 0.765 bits per heavy atom. The lowest BCUT2D eigenvalue weighted by molar-refractivity contribution is -0.117. The second-order valence-electron chi connectivity index (χ2n) is 4.44. The molecule has 1 aliphatic rings. The van der Waals surface area contributed by atoms with Crippen LogP contribution < -0.4 is 0 Å².